The summed E-state index contributed by atoms with van der Waals surface area (Å²) in [5.41, 5.74) is 4.44. The highest BCUT2D eigenvalue weighted by atomic mass is 16.5. The highest BCUT2D eigenvalue weighted by Crippen LogP contribution is 2.32. The predicted octanol–water partition coefficient (Wildman–Crippen LogP) is 1.95. The molecule has 0 spiro atoms. The van der Waals surface area contributed by atoms with Crippen molar-refractivity contribution >= 4 is 46.1 Å². The predicted molar refractivity (Wildman–Crippen MR) is 193 cm³/mol. The molecule has 1 unspecified atom stereocenters. The molecule has 2 aromatic carbocycles. The van der Waals surface area contributed by atoms with E-state index < -0.39 is 29.7 Å². The maximum atomic E-state index is 13.2. The molecule has 278 valence electrons. The van der Waals surface area contributed by atoms with Crippen LogP contribution in [-0.2, 0) is 30.4 Å². The van der Waals surface area contributed by atoms with E-state index in [0.717, 1.165) is 27.2 Å². The number of ether oxygens (including phenoxy) is 2. The van der Waals surface area contributed by atoms with Gasteiger partial charge in [0.05, 0.1) is 60.0 Å². The maximum Gasteiger partial charge on any atom is 0.295 e. The van der Waals surface area contributed by atoms with Crippen LogP contribution in [0.5, 0.6) is 0 Å². The quantitative estimate of drug-likeness (QED) is 0.113. The number of anilines is 1. The molecule has 1 fully saturated rings. The summed E-state index contributed by atoms with van der Waals surface area (Å²) >= 11 is 0. The monoisotopic (exact) mass is 726 g/mol. The molecule has 53 heavy (non-hydrogen) atoms. The Kier molecular flexibility index (Phi) is 11.4. The highest BCUT2D eigenvalue weighted by Gasteiger charge is 2.45. The number of carbonyl (C=O) groups is 5. The summed E-state index contributed by atoms with van der Waals surface area (Å²) in [5.74, 6) is -2.39. The molecule has 5 amide bonds. The number of benzene rings is 2. The largest absolute Gasteiger partial charge is 0.382 e. The lowest BCUT2D eigenvalue weighted by Crippen LogP contribution is -2.54. The fourth-order valence-electron chi connectivity index (χ4n) is 6.56. The lowest BCUT2D eigenvalue weighted by Gasteiger charge is -2.27. The number of rotatable bonds is 16. The van der Waals surface area contributed by atoms with Crippen LogP contribution < -0.4 is 21.5 Å². The number of hydrogen-bond donors (Lipinski definition) is 3. The Morgan fingerprint density at radius 1 is 0.906 bits per heavy atom. The van der Waals surface area contributed by atoms with Gasteiger partial charge in [0.25, 0.3) is 17.4 Å². The van der Waals surface area contributed by atoms with Crippen molar-refractivity contribution in [3.63, 3.8) is 0 Å². The maximum absolute atomic E-state index is 13.2. The van der Waals surface area contributed by atoms with E-state index in [1.807, 2.05) is 45.0 Å². The molecule has 4 heterocycles. The zero-order valence-electron chi connectivity index (χ0n) is 29.9. The molecule has 0 radical (unpaired) electrons. The molecule has 2 aliphatic rings. The van der Waals surface area contributed by atoms with Gasteiger partial charge in [-0.1, -0.05) is 23.8 Å². The van der Waals surface area contributed by atoms with Crippen LogP contribution in [0.4, 0.5) is 5.69 Å². The van der Waals surface area contributed by atoms with Crippen LogP contribution in [0.25, 0.3) is 16.6 Å². The number of piperidine rings is 1. The summed E-state index contributed by atoms with van der Waals surface area (Å²) in [7, 11) is 0. The second-order valence-electron chi connectivity index (χ2n) is 13.0. The van der Waals surface area contributed by atoms with Crippen molar-refractivity contribution in [1.82, 2.24) is 35.1 Å². The third-order valence-corrected chi connectivity index (χ3v) is 9.21. The molecule has 2 aromatic heterocycles. The van der Waals surface area contributed by atoms with E-state index in [4.69, 9.17) is 9.47 Å². The van der Waals surface area contributed by atoms with Gasteiger partial charge in [-0.15, -0.1) is 0 Å². The van der Waals surface area contributed by atoms with Crippen molar-refractivity contribution in [2.75, 3.05) is 44.8 Å². The van der Waals surface area contributed by atoms with E-state index in [1.165, 1.54) is 10.7 Å². The van der Waals surface area contributed by atoms with E-state index in [1.54, 1.807) is 16.8 Å². The molecule has 0 bridgehead atoms. The Balaban J connectivity index is 0.859. The Bertz CT molecular complexity index is 2120. The zero-order valence-corrected chi connectivity index (χ0v) is 29.9. The van der Waals surface area contributed by atoms with Gasteiger partial charge in [-0.3, -0.25) is 39.0 Å². The molecule has 0 saturated carbocycles. The van der Waals surface area contributed by atoms with Crippen LogP contribution in [0.1, 0.15) is 63.4 Å². The third-order valence-electron chi connectivity index (χ3n) is 9.21. The fourth-order valence-corrected chi connectivity index (χ4v) is 6.56. The first kappa shape index (κ1) is 37.0. The minimum atomic E-state index is -1.03. The van der Waals surface area contributed by atoms with Crippen molar-refractivity contribution in [3.8, 4) is 5.69 Å². The number of nitrogens with one attached hydrogen (secondary N) is 3. The fraction of sp³-hybridized carbons (Fsp3) is 0.405. The first-order chi connectivity index (χ1) is 25.5. The van der Waals surface area contributed by atoms with Crippen LogP contribution in [0.3, 0.4) is 0 Å². The number of aryl methyl sites for hydroxylation is 4. The molecular formula is C37H42N8O8. The minimum Gasteiger partial charge on any atom is -0.382 e. The van der Waals surface area contributed by atoms with Gasteiger partial charge in [-0.2, -0.15) is 10.2 Å². The Hall–Kier alpha value is -5.74. The first-order valence-corrected chi connectivity index (χ1v) is 17.6. The molecule has 6 rings (SSSR count). The second kappa shape index (κ2) is 16.3. The van der Waals surface area contributed by atoms with E-state index in [9.17, 15) is 28.8 Å². The highest BCUT2D eigenvalue weighted by molar-refractivity contribution is 6.25. The normalized spacial score (nSPS) is 15.6. The average Bonchev–Trinajstić information content (AvgIpc) is 3.61. The molecule has 16 heteroatoms. The Morgan fingerprint density at radius 3 is 2.38 bits per heavy atom. The summed E-state index contributed by atoms with van der Waals surface area (Å²) in [6.45, 7) is 7.93. The molecule has 3 N–H and O–H groups in total. The molecule has 2 aliphatic heterocycles. The first-order valence-electron chi connectivity index (χ1n) is 17.6. The Labute approximate surface area is 304 Å². The van der Waals surface area contributed by atoms with Crippen LogP contribution in [0.2, 0.25) is 0 Å². The number of amides is 5. The van der Waals surface area contributed by atoms with Crippen LogP contribution in [-0.4, -0.2) is 99.6 Å². The minimum absolute atomic E-state index is 0.0512. The molecule has 16 nitrogen and oxygen atoms in total. The molecule has 1 atom stereocenters. The topological polar surface area (TPSA) is 196 Å². The lowest BCUT2D eigenvalue weighted by atomic mass is 10.0. The third kappa shape index (κ3) is 8.03. The van der Waals surface area contributed by atoms with Crippen molar-refractivity contribution in [3.05, 3.63) is 80.9 Å². The van der Waals surface area contributed by atoms with Gasteiger partial charge in [0.15, 0.2) is 5.52 Å². The van der Waals surface area contributed by atoms with Gasteiger partial charge in [-0.05, 0) is 57.9 Å². The van der Waals surface area contributed by atoms with Crippen molar-refractivity contribution in [2.45, 2.75) is 59.0 Å². The van der Waals surface area contributed by atoms with Crippen LogP contribution in [0, 0.1) is 20.8 Å². The van der Waals surface area contributed by atoms with E-state index in [-0.39, 0.29) is 48.4 Å². The van der Waals surface area contributed by atoms with Gasteiger partial charge in [0.1, 0.15) is 6.04 Å². The standard InChI is InChI=1S/C37H42N8O8/c1-22-9-11-25(12-10-22)45-24(3)31-23(2)41-43(37(51)33(31)42-45)17-5-8-29(46)39-16-19-53-21-20-52-18-15-38-27-7-4-6-26-32(27)36(50)44(35(26)49)28-13-14-30(47)40-34(28)48/h4,6-7,9-12,28,38H,5,8,13-21H2,1-3H3,(H,39,46)(H,40,47,48). The zero-order chi connectivity index (χ0) is 37.6. The summed E-state index contributed by atoms with van der Waals surface area (Å²) in [4.78, 5) is 76.6. The molecule has 4 aromatic rings. The van der Waals surface area contributed by atoms with Crippen molar-refractivity contribution in [1.29, 1.82) is 0 Å². The van der Waals surface area contributed by atoms with Crippen LogP contribution in [0.15, 0.2) is 47.3 Å². The number of carbonyl (C=O) groups excluding carboxylic acids is 5. The summed E-state index contributed by atoms with van der Waals surface area (Å²) in [6, 6.07) is 11.8. The average molecular weight is 727 g/mol. The number of nitrogens with zero attached hydrogens (tertiary/aromatic N) is 5. The summed E-state index contributed by atoms with van der Waals surface area (Å²) < 4.78 is 14.3. The number of hydrogen-bond acceptors (Lipinski definition) is 11. The lowest BCUT2D eigenvalue weighted by molar-refractivity contribution is -0.136. The summed E-state index contributed by atoms with van der Waals surface area (Å²) in [5, 5.41) is 18.0. The van der Waals surface area contributed by atoms with Gasteiger partial charge in [-0.25, -0.2) is 9.36 Å². The van der Waals surface area contributed by atoms with Crippen molar-refractivity contribution < 1.29 is 33.4 Å². The van der Waals surface area contributed by atoms with E-state index in [2.05, 4.69) is 26.1 Å². The number of fused-ring (bicyclic) bond motifs is 2. The van der Waals surface area contributed by atoms with Gasteiger partial charge >= 0.3 is 0 Å². The van der Waals surface area contributed by atoms with E-state index >= 15 is 0 Å². The van der Waals surface area contributed by atoms with Gasteiger partial charge < -0.3 is 20.1 Å². The smallest absolute Gasteiger partial charge is 0.295 e. The molecular weight excluding hydrogens is 684 g/mol. The van der Waals surface area contributed by atoms with Gasteiger partial charge in [0.2, 0.25) is 17.7 Å². The van der Waals surface area contributed by atoms with Gasteiger partial charge in [0, 0.05) is 38.2 Å². The molecule has 0 aliphatic carbocycles. The second-order valence-corrected chi connectivity index (χ2v) is 13.0. The van der Waals surface area contributed by atoms with Crippen molar-refractivity contribution in [2.24, 2.45) is 0 Å². The number of imide groups is 2. The Morgan fingerprint density at radius 2 is 1.64 bits per heavy atom. The SMILES string of the molecule is Cc1ccc(-n2nc3c(=O)n(CCCC(=O)NCCOCCOCCNc4cccc5c4C(=O)N(C4CCC(=O)NC4=O)C5=O)nc(C)c3c2C)cc1. The summed E-state index contributed by atoms with van der Waals surface area (Å²) in [6.07, 6.45) is 0.787. The molecule has 1 saturated heterocycles. The van der Waals surface area contributed by atoms with Crippen LogP contribution >= 0.6 is 0 Å². The van der Waals surface area contributed by atoms with E-state index in [0.29, 0.717) is 62.8 Å². The number of aromatic nitrogens is 4.